The molecule has 1 aliphatic heterocycles. The Bertz CT molecular complexity index is 283. The normalized spacial score (nSPS) is 28.2. The van der Waals surface area contributed by atoms with Gasteiger partial charge in [-0.1, -0.05) is 6.92 Å². The van der Waals surface area contributed by atoms with Crippen molar-refractivity contribution in [2.24, 2.45) is 5.10 Å². The van der Waals surface area contributed by atoms with E-state index in [0.717, 1.165) is 25.8 Å². The van der Waals surface area contributed by atoms with Gasteiger partial charge in [0.2, 0.25) is 0 Å². The van der Waals surface area contributed by atoms with Crippen LogP contribution >= 0.6 is 0 Å². The van der Waals surface area contributed by atoms with Gasteiger partial charge in [-0.2, -0.15) is 5.10 Å². The molecule has 1 rings (SSSR count). The van der Waals surface area contributed by atoms with Gasteiger partial charge in [-0.3, -0.25) is 0 Å². The summed E-state index contributed by atoms with van der Waals surface area (Å²) < 4.78 is 12.0. The van der Waals surface area contributed by atoms with Crippen molar-refractivity contribution in [3.8, 4) is 0 Å². The first-order valence-electron chi connectivity index (χ1n) is 6.10. The highest BCUT2D eigenvalue weighted by Crippen LogP contribution is 2.21. The third-order valence-corrected chi connectivity index (χ3v) is 4.49. The Morgan fingerprint density at radius 1 is 1.59 bits per heavy atom. The lowest BCUT2D eigenvalue weighted by molar-refractivity contribution is 0.183. The Labute approximate surface area is 107 Å². The van der Waals surface area contributed by atoms with E-state index in [0.29, 0.717) is 6.04 Å². The largest absolute Gasteiger partial charge is 0.367 e. The molecule has 0 aromatic rings. The zero-order valence-corrected chi connectivity index (χ0v) is 12.0. The second-order valence-electron chi connectivity index (χ2n) is 4.79. The quantitative estimate of drug-likeness (QED) is 0.448. The smallest absolute Gasteiger partial charge is 0.136 e. The van der Waals surface area contributed by atoms with Gasteiger partial charge in [0.25, 0.3) is 0 Å². The third-order valence-electron chi connectivity index (χ3n) is 3.17. The van der Waals surface area contributed by atoms with Crippen LogP contribution in [0.5, 0.6) is 0 Å². The SMILES string of the molecule is CC[C@@H]1C[C@H](S(=O)N/N=C/N(C)C)CCN1C. The van der Waals surface area contributed by atoms with Crippen LogP contribution < -0.4 is 4.83 Å². The van der Waals surface area contributed by atoms with E-state index in [9.17, 15) is 4.21 Å². The Balaban J connectivity index is 2.42. The van der Waals surface area contributed by atoms with Crippen LogP contribution in [0.2, 0.25) is 0 Å². The molecule has 0 bridgehead atoms. The average Bonchev–Trinajstić information content (AvgIpc) is 2.29. The van der Waals surface area contributed by atoms with Gasteiger partial charge >= 0.3 is 0 Å². The minimum atomic E-state index is -1.06. The summed E-state index contributed by atoms with van der Waals surface area (Å²) in [5.74, 6) is 0. The molecule has 100 valence electrons. The van der Waals surface area contributed by atoms with E-state index in [2.05, 4.69) is 28.8 Å². The fourth-order valence-corrected chi connectivity index (χ4v) is 3.09. The molecule has 5 nitrogen and oxygen atoms in total. The van der Waals surface area contributed by atoms with Gasteiger partial charge < -0.3 is 9.80 Å². The standard InChI is InChI=1S/C11H24N4OS/c1-5-10-8-11(6-7-15(10)4)17(16)13-12-9-14(2)3/h9-11,13H,5-8H2,1-4H3/b12-9+/t10-,11-,17?/m1/s1. The highest BCUT2D eigenvalue weighted by molar-refractivity contribution is 7.83. The van der Waals surface area contributed by atoms with Gasteiger partial charge in [-0.25, -0.2) is 9.04 Å². The molecular weight excluding hydrogens is 236 g/mol. The van der Waals surface area contributed by atoms with E-state index >= 15 is 0 Å². The maximum absolute atomic E-state index is 12.0. The van der Waals surface area contributed by atoms with E-state index in [1.165, 1.54) is 0 Å². The predicted molar refractivity (Wildman–Crippen MR) is 73.2 cm³/mol. The average molecular weight is 260 g/mol. The molecule has 0 aliphatic carbocycles. The van der Waals surface area contributed by atoms with Crippen molar-refractivity contribution in [2.75, 3.05) is 27.7 Å². The highest BCUT2D eigenvalue weighted by atomic mass is 32.2. The molecule has 1 heterocycles. The van der Waals surface area contributed by atoms with Crippen LogP contribution in [0.3, 0.4) is 0 Å². The van der Waals surface area contributed by atoms with Gasteiger partial charge in [-0.15, -0.1) is 0 Å². The van der Waals surface area contributed by atoms with Crippen molar-refractivity contribution < 1.29 is 4.21 Å². The van der Waals surface area contributed by atoms with Crippen LogP contribution in [0.15, 0.2) is 5.10 Å². The molecule has 0 spiro atoms. The summed E-state index contributed by atoms with van der Waals surface area (Å²) in [7, 11) is 4.85. The predicted octanol–water partition coefficient (Wildman–Crippen LogP) is 0.617. The minimum absolute atomic E-state index is 0.218. The molecule has 0 saturated carbocycles. The summed E-state index contributed by atoms with van der Waals surface area (Å²) >= 11 is 0. The van der Waals surface area contributed by atoms with E-state index in [-0.39, 0.29) is 5.25 Å². The van der Waals surface area contributed by atoms with Gasteiger partial charge in [-0.05, 0) is 32.9 Å². The van der Waals surface area contributed by atoms with Crippen LogP contribution in [0.4, 0.5) is 0 Å². The van der Waals surface area contributed by atoms with Gasteiger partial charge in [0.15, 0.2) is 0 Å². The van der Waals surface area contributed by atoms with Gasteiger partial charge in [0, 0.05) is 20.1 Å². The molecule has 6 heteroatoms. The Morgan fingerprint density at radius 2 is 2.29 bits per heavy atom. The Morgan fingerprint density at radius 3 is 2.88 bits per heavy atom. The number of hydrogen-bond acceptors (Lipinski definition) is 3. The molecule has 1 aliphatic rings. The number of likely N-dealkylation sites (tertiary alicyclic amines) is 1. The maximum atomic E-state index is 12.0. The van der Waals surface area contributed by atoms with Crippen molar-refractivity contribution in [1.82, 2.24) is 14.6 Å². The molecule has 3 atom stereocenters. The van der Waals surface area contributed by atoms with Gasteiger partial charge in [0.05, 0.1) is 5.25 Å². The monoisotopic (exact) mass is 260 g/mol. The zero-order chi connectivity index (χ0) is 12.8. The van der Waals surface area contributed by atoms with Crippen molar-refractivity contribution in [3.63, 3.8) is 0 Å². The zero-order valence-electron chi connectivity index (χ0n) is 11.2. The third kappa shape index (κ3) is 4.63. The summed E-state index contributed by atoms with van der Waals surface area (Å²) in [5.41, 5.74) is 0. The second kappa shape index (κ2) is 6.96. The molecule has 1 saturated heterocycles. The molecule has 1 N–H and O–H groups in total. The first-order valence-corrected chi connectivity index (χ1v) is 7.32. The lowest BCUT2D eigenvalue weighted by Gasteiger charge is -2.35. The molecule has 0 aromatic heterocycles. The molecule has 0 amide bonds. The lowest BCUT2D eigenvalue weighted by atomic mass is 10.0. The first kappa shape index (κ1) is 14.4. The number of rotatable bonds is 5. The molecule has 17 heavy (non-hydrogen) atoms. The van der Waals surface area contributed by atoms with Crippen LogP contribution in [-0.4, -0.2) is 59.3 Å². The Hall–Kier alpha value is -0.620. The minimum Gasteiger partial charge on any atom is -0.367 e. The van der Waals surface area contributed by atoms with E-state index in [1.807, 2.05) is 19.0 Å². The van der Waals surface area contributed by atoms with Crippen LogP contribution in [0.25, 0.3) is 0 Å². The van der Waals surface area contributed by atoms with Crippen molar-refractivity contribution >= 4 is 17.3 Å². The van der Waals surface area contributed by atoms with Crippen LogP contribution in [-0.2, 0) is 11.0 Å². The maximum Gasteiger partial charge on any atom is 0.136 e. The lowest BCUT2D eigenvalue weighted by Crippen LogP contribution is -2.44. The number of piperidine rings is 1. The summed E-state index contributed by atoms with van der Waals surface area (Å²) in [6.07, 6.45) is 4.71. The number of hydrogen-bond donors (Lipinski definition) is 1. The summed E-state index contributed by atoms with van der Waals surface area (Å²) in [6.45, 7) is 3.21. The topological polar surface area (TPSA) is 47.9 Å². The number of hydrazone groups is 1. The number of nitrogens with one attached hydrogen (secondary N) is 1. The van der Waals surface area contributed by atoms with Gasteiger partial charge in [0.1, 0.15) is 17.3 Å². The Kier molecular flexibility index (Phi) is 5.91. The fourth-order valence-electron chi connectivity index (χ4n) is 2.07. The van der Waals surface area contributed by atoms with E-state index in [1.54, 1.807) is 6.34 Å². The van der Waals surface area contributed by atoms with Crippen LogP contribution in [0.1, 0.15) is 26.2 Å². The molecular formula is C11H24N4OS. The summed E-state index contributed by atoms with van der Waals surface area (Å²) in [4.78, 5) is 6.90. The first-order chi connectivity index (χ1) is 8.04. The fraction of sp³-hybridized carbons (Fsp3) is 0.909. The van der Waals surface area contributed by atoms with Crippen molar-refractivity contribution in [2.45, 2.75) is 37.5 Å². The number of nitrogens with zero attached hydrogens (tertiary/aromatic N) is 3. The summed E-state index contributed by atoms with van der Waals surface area (Å²) in [5, 5.41) is 4.17. The summed E-state index contributed by atoms with van der Waals surface area (Å²) in [6, 6.07) is 0.553. The van der Waals surface area contributed by atoms with E-state index < -0.39 is 11.0 Å². The van der Waals surface area contributed by atoms with Crippen molar-refractivity contribution in [1.29, 1.82) is 0 Å². The second-order valence-corrected chi connectivity index (χ2v) is 6.23. The van der Waals surface area contributed by atoms with E-state index in [4.69, 9.17) is 0 Å². The van der Waals surface area contributed by atoms with Crippen molar-refractivity contribution in [3.05, 3.63) is 0 Å². The molecule has 1 fully saturated rings. The highest BCUT2D eigenvalue weighted by Gasteiger charge is 2.28. The van der Waals surface area contributed by atoms with Crippen LogP contribution in [0, 0.1) is 0 Å². The molecule has 0 aromatic carbocycles. The molecule has 0 radical (unpaired) electrons. The molecule has 1 unspecified atom stereocenters.